The Morgan fingerprint density at radius 2 is 1.88 bits per heavy atom. The van der Waals surface area contributed by atoms with Gasteiger partial charge in [-0.3, -0.25) is 4.79 Å². The van der Waals surface area contributed by atoms with Crippen molar-refractivity contribution in [2.24, 2.45) is 22.4 Å². The molecule has 0 aromatic heterocycles. The second-order valence-electron chi connectivity index (χ2n) is 8.25. The molecule has 3 rings (SSSR count). The number of benzene rings is 2. The van der Waals surface area contributed by atoms with Crippen LogP contribution in [0.1, 0.15) is 56.2 Å². The summed E-state index contributed by atoms with van der Waals surface area (Å²) in [5.74, 6) is 6.85. The Balaban J connectivity index is 1.77. The number of nitrogens with two attached hydrogens (primary N) is 3. The van der Waals surface area contributed by atoms with E-state index in [-0.39, 0.29) is 12.4 Å². The Morgan fingerprint density at radius 3 is 2.56 bits per heavy atom. The predicted molar refractivity (Wildman–Crippen MR) is 135 cm³/mol. The van der Waals surface area contributed by atoms with E-state index >= 15 is 0 Å². The molecular formula is C26H35N5O3. The van der Waals surface area contributed by atoms with Gasteiger partial charge >= 0.3 is 5.97 Å². The molecule has 1 atom stereocenters. The van der Waals surface area contributed by atoms with Gasteiger partial charge in [0.2, 0.25) is 0 Å². The highest BCUT2D eigenvalue weighted by molar-refractivity contribution is 5.98. The first-order chi connectivity index (χ1) is 16.4. The van der Waals surface area contributed by atoms with Crippen molar-refractivity contribution in [1.82, 2.24) is 5.12 Å². The maximum absolute atomic E-state index is 11.4. The summed E-state index contributed by atoms with van der Waals surface area (Å²) in [6.07, 6.45) is 4.57. The molecule has 1 unspecified atom stereocenters. The maximum atomic E-state index is 11.4. The Kier molecular flexibility index (Phi) is 8.67. The summed E-state index contributed by atoms with van der Waals surface area (Å²) in [6.45, 7) is 5.20. The fourth-order valence-electron chi connectivity index (χ4n) is 4.01. The van der Waals surface area contributed by atoms with Gasteiger partial charge in [-0.25, -0.2) is 11.0 Å². The van der Waals surface area contributed by atoms with Crippen LogP contribution in [0.25, 0.3) is 5.57 Å². The van der Waals surface area contributed by atoms with Crippen molar-refractivity contribution < 1.29 is 14.3 Å². The van der Waals surface area contributed by atoms with Crippen molar-refractivity contribution in [3.63, 3.8) is 0 Å². The van der Waals surface area contributed by atoms with E-state index in [0.717, 1.165) is 40.9 Å². The largest absolute Gasteiger partial charge is 0.482 e. The molecule has 0 saturated heterocycles. The van der Waals surface area contributed by atoms with Crippen LogP contribution in [0.5, 0.6) is 5.75 Å². The molecule has 6 N–H and O–H groups in total. The van der Waals surface area contributed by atoms with Gasteiger partial charge in [-0.15, -0.1) is 5.10 Å². The van der Waals surface area contributed by atoms with Gasteiger partial charge in [0.05, 0.1) is 13.2 Å². The lowest BCUT2D eigenvalue weighted by atomic mass is 9.85. The maximum Gasteiger partial charge on any atom is 0.305 e. The van der Waals surface area contributed by atoms with Crippen molar-refractivity contribution in [1.29, 1.82) is 0 Å². The molecular weight excluding hydrogens is 430 g/mol. The summed E-state index contributed by atoms with van der Waals surface area (Å²) in [5, 5.41) is 5.49. The molecule has 8 nitrogen and oxygen atoms in total. The monoisotopic (exact) mass is 465 g/mol. The van der Waals surface area contributed by atoms with E-state index in [1.165, 1.54) is 5.12 Å². The third kappa shape index (κ3) is 6.15. The number of hydrogen-bond acceptors (Lipinski definition) is 7. The van der Waals surface area contributed by atoms with Gasteiger partial charge in [0.1, 0.15) is 11.4 Å². The lowest BCUT2D eigenvalue weighted by molar-refractivity contribution is -0.143. The van der Waals surface area contributed by atoms with Crippen LogP contribution in [0, 0.1) is 0 Å². The van der Waals surface area contributed by atoms with Gasteiger partial charge in [-0.05, 0) is 49.6 Å². The Labute approximate surface area is 201 Å². The third-order valence-corrected chi connectivity index (χ3v) is 5.87. The lowest BCUT2D eigenvalue weighted by Gasteiger charge is -2.36. The first-order valence-corrected chi connectivity index (χ1v) is 11.8. The minimum Gasteiger partial charge on any atom is -0.482 e. The van der Waals surface area contributed by atoms with Gasteiger partial charge in [0.25, 0.3) is 0 Å². The first-order valence-electron chi connectivity index (χ1n) is 11.8. The van der Waals surface area contributed by atoms with Gasteiger partial charge in [-0.1, -0.05) is 49.4 Å². The quantitative estimate of drug-likeness (QED) is 0.153. The molecule has 0 aliphatic carbocycles. The van der Waals surface area contributed by atoms with Gasteiger partial charge in [-0.2, -0.15) is 0 Å². The van der Waals surface area contributed by atoms with Gasteiger partial charge < -0.3 is 20.9 Å². The van der Waals surface area contributed by atoms with Crippen molar-refractivity contribution >= 4 is 17.4 Å². The van der Waals surface area contributed by atoms with Crippen LogP contribution in [-0.2, 0) is 9.53 Å². The second kappa shape index (κ2) is 11.7. The minimum absolute atomic E-state index is 0.244. The molecule has 0 amide bonds. The molecule has 1 aliphatic heterocycles. The van der Waals surface area contributed by atoms with Crippen LogP contribution in [0.3, 0.4) is 0 Å². The number of hydrogen-bond donors (Lipinski definition) is 3. The molecule has 1 heterocycles. The molecule has 182 valence electrons. The third-order valence-electron chi connectivity index (χ3n) is 5.87. The van der Waals surface area contributed by atoms with E-state index in [4.69, 9.17) is 26.8 Å². The zero-order chi connectivity index (χ0) is 24.6. The lowest BCUT2D eigenvalue weighted by Crippen LogP contribution is -2.38. The highest BCUT2D eigenvalue weighted by Gasteiger charge is 2.33. The molecule has 0 bridgehead atoms. The van der Waals surface area contributed by atoms with E-state index < -0.39 is 5.60 Å². The highest BCUT2D eigenvalue weighted by atomic mass is 16.5. The summed E-state index contributed by atoms with van der Waals surface area (Å²) < 4.78 is 11.3. The number of esters is 1. The number of carbonyl (C=O) groups is 1. The minimum atomic E-state index is -0.429. The zero-order valence-electron chi connectivity index (χ0n) is 20.0. The molecule has 0 fully saturated rings. The number of rotatable bonds is 11. The average Bonchev–Trinajstić information content (AvgIpc) is 2.84. The van der Waals surface area contributed by atoms with Gasteiger partial charge in [0, 0.05) is 24.0 Å². The van der Waals surface area contributed by atoms with E-state index in [2.05, 4.69) is 24.2 Å². The molecule has 0 radical (unpaired) electrons. The number of hydrazine groups is 1. The molecule has 34 heavy (non-hydrogen) atoms. The number of amidine groups is 1. The Bertz CT molecular complexity index is 1030. The van der Waals surface area contributed by atoms with Crippen LogP contribution in [0.2, 0.25) is 0 Å². The predicted octanol–water partition coefficient (Wildman–Crippen LogP) is 3.15. The normalized spacial score (nSPS) is 17.4. The summed E-state index contributed by atoms with van der Waals surface area (Å²) in [6, 6.07) is 16.0. The van der Waals surface area contributed by atoms with Crippen LogP contribution in [0.15, 0.2) is 59.7 Å². The molecule has 0 spiro atoms. The molecule has 8 heteroatoms. The van der Waals surface area contributed by atoms with Crippen molar-refractivity contribution in [3.05, 3.63) is 71.3 Å². The highest BCUT2D eigenvalue weighted by Crippen LogP contribution is 2.41. The summed E-state index contributed by atoms with van der Waals surface area (Å²) in [5.41, 5.74) is 15.6. The van der Waals surface area contributed by atoms with Crippen molar-refractivity contribution in [2.45, 2.75) is 45.1 Å². The summed E-state index contributed by atoms with van der Waals surface area (Å²) in [7, 11) is 0. The van der Waals surface area contributed by atoms with E-state index in [1.54, 1.807) is 6.92 Å². The Hall–Kier alpha value is -3.36. The molecule has 2 aromatic carbocycles. The molecule has 1 aliphatic rings. The number of ether oxygens (including phenoxy) is 2. The number of carbonyl (C=O) groups excluding carboxylic acids is 1. The zero-order valence-corrected chi connectivity index (χ0v) is 20.0. The number of nitrogens with zero attached hydrogens (tertiary/aromatic N) is 2. The van der Waals surface area contributed by atoms with E-state index in [0.29, 0.717) is 32.0 Å². The van der Waals surface area contributed by atoms with Crippen molar-refractivity contribution in [3.8, 4) is 5.75 Å². The number of fused-ring (bicyclic) bond motifs is 1. The number of hydrazone groups is 1. The van der Waals surface area contributed by atoms with Crippen LogP contribution >= 0.6 is 0 Å². The topological polar surface area (TPSA) is 129 Å². The smallest absolute Gasteiger partial charge is 0.305 e. The van der Waals surface area contributed by atoms with Crippen molar-refractivity contribution in [2.75, 3.05) is 19.7 Å². The molecule has 0 saturated carbocycles. The van der Waals surface area contributed by atoms with E-state index in [9.17, 15) is 4.79 Å². The summed E-state index contributed by atoms with van der Waals surface area (Å²) in [4.78, 5) is 11.4. The second-order valence-corrected chi connectivity index (χ2v) is 8.25. The Morgan fingerprint density at radius 1 is 1.15 bits per heavy atom. The van der Waals surface area contributed by atoms with Crippen LogP contribution < -0.4 is 22.0 Å². The molecule has 2 aromatic rings. The standard InChI is InChI=1S/C26H35N5O3/c1-3-26(15-16-27)18-22(21-8-5-6-9-23(21)34-26)19-11-13-20(14-12-19)25(28)30-31(29)17-7-10-24(32)33-4-2/h5-6,8-9,11-14,18H,3-4,7,10,15-17,27,29H2,1-2H3,(H2,28,30). The van der Waals surface area contributed by atoms with Crippen LogP contribution in [0.4, 0.5) is 0 Å². The fourth-order valence-corrected chi connectivity index (χ4v) is 4.01. The fraction of sp³-hybridized carbons (Fsp3) is 0.385. The average molecular weight is 466 g/mol. The van der Waals surface area contributed by atoms with Gasteiger partial charge in [0.15, 0.2) is 5.84 Å². The van der Waals surface area contributed by atoms with E-state index in [1.807, 2.05) is 42.5 Å². The first kappa shape index (κ1) is 25.3. The number of para-hydroxylation sites is 1. The van der Waals surface area contributed by atoms with Crippen LogP contribution in [-0.4, -0.2) is 42.2 Å². The summed E-state index contributed by atoms with van der Waals surface area (Å²) >= 11 is 0. The SMILES string of the molecule is CCOC(=O)CCCN(N)/N=C(\N)c1ccc(C2=CC(CC)(CCN)Oc3ccccc32)cc1.